The lowest BCUT2D eigenvalue weighted by Gasteiger charge is -2.18. The average molecular weight is 370 g/mol. The average Bonchev–Trinajstić information content (AvgIpc) is 2.51. The number of carbonyl (C=O) groups excluding carboxylic acids is 2. The molecule has 1 unspecified atom stereocenters. The first-order chi connectivity index (χ1) is 10.5. The van der Waals surface area contributed by atoms with Crippen molar-refractivity contribution in [2.75, 3.05) is 20.3 Å². The summed E-state index contributed by atoms with van der Waals surface area (Å²) in [6.07, 6.45) is 0.819. The van der Waals surface area contributed by atoms with Gasteiger partial charge in [-0.1, -0.05) is 40.2 Å². The summed E-state index contributed by atoms with van der Waals surface area (Å²) in [5.74, 6) is -0.843. The summed E-state index contributed by atoms with van der Waals surface area (Å²) < 4.78 is 11.0. The van der Waals surface area contributed by atoms with E-state index in [-0.39, 0.29) is 19.1 Å². The first-order valence-corrected chi connectivity index (χ1v) is 7.61. The lowest BCUT2D eigenvalue weighted by Crippen LogP contribution is -2.33. The Hall–Kier alpha value is -1.66. The van der Waals surface area contributed by atoms with Crippen molar-refractivity contribution < 1.29 is 19.1 Å². The fourth-order valence-corrected chi connectivity index (χ4v) is 2.02. The van der Waals surface area contributed by atoms with Gasteiger partial charge in [-0.05, 0) is 18.6 Å². The molecule has 0 aromatic heterocycles. The molecule has 0 bridgehead atoms. The van der Waals surface area contributed by atoms with E-state index in [0.717, 1.165) is 10.0 Å². The Morgan fingerprint density at radius 3 is 2.73 bits per heavy atom. The number of carbonyl (C=O) groups is 2. The molecule has 0 spiro atoms. The molecule has 120 valence electrons. The van der Waals surface area contributed by atoms with Crippen LogP contribution in [0.4, 0.5) is 0 Å². The van der Waals surface area contributed by atoms with Gasteiger partial charge in [-0.3, -0.25) is 4.79 Å². The van der Waals surface area contributed by atoms with Crippen molar-refractivity contribution >= 4 is 27.8 Å². The van der Waals surface area contributed by atoms with Gasteiger partial charge in [0, 0.05) is 18.1 Å². The number of hydrogen-bond donors (Lipinski definition) is 0. The summed E-state index contributed by atoms with van der Waals surface area (Å²) in [7, 11) is 1.66. The fraction of sp³-hybridized carbons (Fsp3) is 0.375. The Morgan fingerprint density at radius 2 is 2.09 bits per heavy atom. The van der Waals surface area contributed by atoms with Gasteiger partial charge in [0.1, 0.15) is 0 Å². The van der Waals surface area contributed by atoms with Crippen LogP contribution in [0.5, 0.6) is 0 Å². The number of benzene rings is 1. The first kappa shape index (κ1) is 18.4. The quantitative estimate of drug-likeness (QED) is 0.521. The maximum absolute atomic E-state index is 12.0. The Balaban J connectivity index is 2.43. The van der Waals surface area contributed by atoms with Crippen LogP contribution in [0.1, 0.15) is 12.5 Å². The normalized spacial score (nSPS) is 11.6. The molecule has 1 aromatic rings. The first-order valence-electron chi connectivity index (χ1n) is 6.82. The van der Waals surface area contributed by atoms with Gasteiger partial charge in [0.25, 0.3) is 5.91 Å². The van der Waals surface area contributed by atoms with E-state index in [0.29, 0.717) is 6.54 Å². The SMILES string of the molecule is C=CCOC(C)C(=O)OCC(=O)N(C)Cc1ccccc1Br. The monoisotopic (exact) mass is 369 g/mol. The van der Waals surface area contributed by atoms with Crippen LogP contribution in [0, 0.1) is 0 Å². The highest BCUT2D eigenvalue weighted by atomic mass is 79.9. The number of likely N-dealkylation sites (N-methyl/N-ethyl adjacent to an activating group) is 1. The molecule has 0 aliphatic rings. The number of nitrogens with zero attached hydrogens (tertiary/aromatic N) is 1. The Labute approximate surface area is 139 Å². The Kier molecular flexibility index (Phi) is 7.84. The van der Waals surface area contributed by atoms with E-state index >= 15 is 0 Å². The number of rotatable bonds is 8. The molecule has 0 N–H and O–H groups in total. The second-order valence-corrected chi connectivity index (χ2v) is 5.57. The van der Waals surface area contributed by atoms with Crippen LogP contribution >= 0.6 is 15.9 Å². The molecule has 0 fully saturated rings. The van der Waals surface area contributed by atoms with Crippen molar-refractivity contribution in [2.45, 2.75) is 19.6 Å². The standard InChI is InChI=1S/C16H20BrNO4/c1-4-9-21-12(2)16(20)22-11-15(19)18(3)10-13-7-5-6-8-14(13)17/h4-8,12H,1,9-11H2,2-3H3. The van der Waals surface area contributed by atoms with Gasteiger partial charge in [0.15, 0.2) is 12.7 Å². The Bertz CT molecular complexity index is 533. The third-order valence-electron chi connectivity index (χ3n) is 2.93. The molecule has 0 aliphatic heterocycles. The molecule has 1 atom stereocenters. The van der Waals surface area contributed by atoms with Crippen LogP contribution in [0.3, 0.4) is 0 Å². The molecule has 1 rings (SSSR count). The molecule has 1 aromatic carbocycles. The van der Waals surface area contributed by atoms with Gasteiger partial charge in [0.2, 0.25) is 0 Å². The highest BCUT2D eigenvalue weighted by Crippen LogP contribution is 2.17. The lowest BCUT2D eigenvalue weighted by atomic mass is 10.2. The van der Waals surface area contributed by atoms with Crippen LogP contribution in [-0.2, 0) is 25.6 Å². The Morgan fingerprint density at radius 1 is 1.41 bits per heavy atom. The van der Waals surface area contributed by atoms with E-state index < -0.39 is 12.1 Å². The van der Waals surface area contributed by atoms with Gasteiger partial charge >= 0.3 is 5.97 Å². The van der Waals surface area contributed by atoms with E-state index in [1.807, 2.05) is 24.3 Å². The predicted octanol–water partition coefficient (Wildman–Crippen LogP) is 2.54. The van der Waals surface area contributed by atoms with E-state index in [1.54, 1.807) is 20.0 Å². The van der Waals surface area contributed by atoms with Crippen molar-refractivity contribution in [2.24, 2.45) is 0 Å². The maximum atomic E-state index is 12.0. The van der Waals surface area contributed by atoms with Crippen molar-refractivity contribution in [1.29, 1.82) is 0 Å². The zero-order chi connectivity index (χ0) is 16.5. The van der Waals surface area contributed by atoms with E-state index in [2.05, 4.69) is 22.5 Å². The molecule has 0 heterocycles. The molecule has 0 saturated heterocycles. The largest absolute Gasteiger partial charge is 0.454 e. The minimum absolute atomic E-state index is 0.256. The molecular formula is C16H20BrNO4. The fourth-order valence-electron chi connectivity index (χ4n) is 1.61. The predicted molar refractivity (Wildman–Crippen MR) is 87.2 cm³/mol. The number of halogens is 1. The van der Waals surface area contributed by atoms with Gasteiger partial charge < -0.3 is 14.4 Å². The van der Waals surface area contributed by atoms with Crippen molar-refractivity contribution in [3.8, 4) is 0 Å². The summed E-state index contributed by atoms with van der Waals surface area (Å²) >= 11 is 3.43. The van der Waals surface area contributed by atoms with E-state index in [4.69, 9.17) is 9.47 Å². The van der Waals surface area contributed by atoms with E-state index in [9.17, 15) is 9.59 Å². The number of ether oxygens (including phenoxy) is 2. The van der Waals surface area contributed by atoms with Gasteiger partial charge in [0.05, 0.1) is 6.61 Å². The molecular weight excluding hydrogens is 350 g/mol. The van der Waals surface area contributed by atoms with Gasteiger partial charge in [-0.15, -0.1) is 6.58 Å². The number of hydrogen-bond acceptors (Lipinski definition) is 4. The van der Waals surface area contributed by atoms with Crippen LogP contribution in [0.15, 0.2) is 41.4 Å². The zero-order valence-corrected chi connectivity index (χ0v) is 14.3. The minimum Gasteiger partial charge on any atom is -0.454 e. The molecule has 1 amide bonds. The smallest absolute Gasteiger partial charge is 0.335 e. The summed E-state index contributed by atoms with van der Waals surface area (Å²) in [5.41, 5.74) is 0.979. The third kappa shape index (κ3) is 5.99. The van der Waals surface area contributed by atoms with Crippen molar-refractivity contribution in [1.82, 2.24) is 4.90 Å². The van der Waals surface area contributed by atoms with Crippen molar-refractivity contribution in [3.05, 3.63) is 47.0 Å². The van der Waals surface area contributed by atoms with Crippen LogP contribution < -0.4 is 0 Å². The summed E-state index contributed by atoms with van der Waals surface area (Å²) in [6.45, 7) is 5.45. The topological polar surface area (TPSA) is 55.8 Å². The third-order valence-corrected chi connectivity index (χ3v) is 3.70. The summed E-state index contributed by atoms with van der Waals surface area (Å²) in [5, 5.41) is 0. The highest BCUT2D eigenvalue weighted by Gasteiger charge is 2.18. The molecule has 5 nitrogen and oxygen atoms in total. The van der Waals surface area contributed by atoms with Gasteiger partial charge in [-0.2, -0.15) is 0 Å². The minimum atomic E-state index is -0.723. The zero-order valence-electron chi connectivity index (χ0n) is 12.8. The maximum Gasteiger partial charge on any atom is 0.335 e. The van der Waals surface area contributed by atoms with E-state index in [1.165, 1.54) is 4.90 Å². The second kappa shape index (κ2) is 9.38. The van der Waals surface area contributed by atoms with Crippen molar-refractivity contribution in [3.63, 3.8) is 0 Å². The summed E-state index contributed by atoms with van der Waals surface area (Å²) in [4.78, 5) is 25.1. The lowest BCUT2D eigenvalue weighted by molar-refractivity contribution is -0.160. The van der Waals surface area contributed by atoms with Crippen LogP contribution in [-0.4, -0.2) is 43.1 Å². The molecule has 0 radical (unpaired) electrons. The molecule has 6 heteroatoms. The molecule has 0 aliphatic carbocycles. The molecule has 22 heavy (non-hydrogen) atoms. The summed E-state index contributed by atoms with van der Waals surface area (Å²) in [6, 6.07) is 7.64. The molecule has 0 saturated carbocycles. The van der Waals surface area contributed by atoms with Crippen LogP contribution in [0.25, 0.3) is 0 Å². The van der Waals surface area contributed by atoms with Crippen LogP contribution in [0.2, 0.25) is 0 Å². The van der Waals surface area contributed by atoms with Gasteiger partial charge in [-0.25, -0.2) is 4.79 Å². The second-order valence-electron chi connectivity index (χ2n) is 4.71. The highest BCUT2D eigenvalue weighted by molar-refractivity contribution is 9.10. The number of esters is 1. The number of amides is 1.